The van der Waals surface area contributed by atoms with E-state index in [1.165, 1.54) is 37.3 Å². The van der Waals surface area contributed by atoms with Crippen molar-refractivity contribution in [3.63, 3.8) is 0 Å². The second kappa shape index (κ2) is 9.00. The van der Waals surface area contributed by atoms with Gasteiger partial charge in [0.25, 0.3) is 0 Å². The van der Waals surface area contributed by atoms with E-state index in [2.05, 4.69) is 0 Å². The van der Waals surface area contributed by atoms with E-state index < -0.39 is 23.9 Å². The maximum Gasteiger partial charge on any atom is 0.355 e. The van der Waals surface area contributed by atoms with Crippen molar-refractivity contribution in [3.05, 3.63) is 40.6 Å². The van der Waals surface area contributed by atoms with Gasteiger partial charge < -0.3 is 28.6 Å². The van der Waals surface area contributed by atoms with Gasteiger partial charge in [0, 0.05) is 5.69 Å². The third kappa shape index (κ3) is 4.12. The molecule has 0 atom stereocenters. The SMILES string of the molecule is COC(=O)C1=C(C(=O)OC)N(c2cc(C(=O)OC)cc(C(=O)OC)c2)COC1. The summed E-state index contributed by atoms with van der Waals surface area (Å²) in [7, 11) is 4.69. The minimum atomic E-state index is -0.813. The number of hydrogen-bond acceptors (Lipinski definition) is 10. The minimum Gasteiger partial charge on any atom is -0.466 e. The number of methoxy groups -OCH3 is 4. The van der Waals surface area contributed by atoms with Crippen LogP contribution in [0.25, 0.3) is 0 Å². The maximum absolute atomic E-state index is 12.4. The molecule has 0 unspecified atom stereocenters. The molecule has 1 aliphatic rings. The number of ether oxygens (including phenoxy) is 5. The average molecular weight is 393 g/mol. The lowest BCUT2D eigenvalue weighted by Crippen LogP contribution is -2.39. The zero-order chi connectivity index (χ0) is 20.8. The van der Waals surface area contributed by atoms with Crippen LogP contribution in [0.1, 0.15) is 20.7 Å². The van der Waals surface area contributed by atoms with E-state index in [0.717, 1.165) is 14.2 Å². The van der Waals surface area contributed by atoms with Gasteiger partial charge in [-0.2, -0.15) is 0 Å². The van der Waals surface area contributed by atoms with Crippen LogP contribution in [0.2, 0.25) is 0 Å². The molecule has 0 aromatic heterocycles. The molecule has 0 amide bonds. The number of hydrogen-bond donors (Lipinski definition) is 0. The van der Waals surface area contributed by atoms with Gasteiger partial charge in [-0.1, -0.05) is 0 Å². The molecule has 0 N–H and O–H groups in total. The number of anilines is 1. The third-order valence-electron chi connectivity index (χ3n) is 3.90. The topological polar surface area (TPSA) is 118 Å². The first-order chi connectivity index (χ1) is 13.4. The van der Waals surface area contributed by atoms with Gasteiger partial charge >= 0.3 is 23.9 Å². The summed E-state index contributed by atoms with van der Waals surface area (Å²) >= 11 is 0. The first kappa shape index (κ1) is 20.9. The highest BCUT2D eigenvalue weighted by Crippen LogP contribution is 2.29. The molecule has 1 heterocycles. The van der Waals surface area contributed by atoms with Crippen LogP contribution in [-0.2, 0) is 33.3 Å². The van der Waals surface area contributed by atoms with Gasteiger partial charge in [0.05, 0.1) is 51.7 Å². The summed E-state index contributed by atoms with van der Waals surface area (Å²) in [6, 6.07) is 4.05. The van der Waals surface area contributed by atoms with Crippen LogP contribution in [0.15, 0.2) is 29.5 Å². The molecule has 2 rings (SSSR count). The van der Waals surface area contributed by atoms with Crippen LogP contribution in [-0.4, -0.2) is 65.7 Å². The second-order valence-electron chi connectivity index (χ2n) is 5.47. The van der Waals surface area contributed by atoms with E-state index in [9.17, 15) is 19.2 Å². The molecule has 1 aromatic carbocycles. The van der Waals surface area contributed by atoms with E-state index in [1.54, 1.807) is 0 Å². The molecule has 1 aliphatic heterocycles. The molecule has 0 bridgehead atoms. The summed E-state index contributed by atoms with van der Waals surface area (Å²) in [5.74, 6) is -3.00. The van der Waals surface area contributed by atoms with Crippen LogP contribution in [0, 0.1) is 0 Å². The zero-order valence-electron chi connectivity index (χ0n) is 15.8. The summed E-state index contributed by atoms with van der Waals surface area (Å²) in [6.07, 6.45) is 0. The smallest absolute Gasteiger partial charge is 0.355 e. The molecule has 0 aliphatic carbocycles. The van der Waals surface area contributed by atoms with Crippen LogP contribution in [0.4, 0.5) is 5.69 Å². The van der Waals surface area contributed by atoms with Crippen LogP contribution in [0.5, 0.6) is 0 Å². The van der Waals surface area contributed by atoms with Crippen LogP contribution < -0.4 is 4.90 Å². The zero-order valence-corrected chi connectivity index (χ0v) is 15.8. The molecule has 10 nitrogen and oxygen atoms in total. The summed E-state index contributed by atoms with van der Waals surface area (Å²) in [5, 5.41) is 0. The maximum atomic E-state index is 12.4. The van der Waals surface area contributed by atoms with Crippen LogP contribution >= 0.6 is 0 Å². The van der Waals surface area contributed by atoms with E-state index in [1.807, 2.05) is 0 Å². The molecule has 150 valence electrons. The number of benzene rings is 1. The quantitative estimate of drug-likeness (QED) is 0.521. The summed E-state index contributed by atoms with van der Waals surface area (Å²) < 4.78 is 24.3. The number of rotatable bonds is 5. The van der Waals surface area contributed by atoms with Gasteiger partial charge in [-0.15, -0.1) is 0 Å². The first-order valence-electron chi connectivity index (χ1n) is 7.94. The molecule has 0 fully saturated rings. The molecular formula is C18H19NO9. The lowest BCUT2D eigenvalue weighted by atomic mass is 10.1. The van der Waals surface area contributed by atoms with E-state index in [4.69, 9.17) is 23.7 Å². The average Bonchev–Trinajstić information content (AvgIpc) is 2.75. The molecule has 1 aromatic rings. The number of carbonyl (C=O) groups is 4. The predicted molar refractivity (Wildman–Crippen MR) is 93.5 cm³/mol. The molecule has 10 heteroatoms. The molecule has 0 spiro atoms. The fourth-order valence-electron chi connectivity index (χ4n) is 2.59. The Bertz CT molecular complexity index is 809. The van der Waals surface area contributed by atoms with Crippen molar-refractivity contribution >= 4 is 29.6 Å². The van der Waals surface area contributed by atoms with Crippen molar-refractivity contribution in [2.24, 2.45) is 0 Å². The summed E-state index contributed by atoms with van der Waals surface area (Å²) in [5.41, 5.74) is 0.0940. The fourth-order valence-corrected chi connectivity index (χ4v) is 2.59. The molecular weight excluding hydrogens is 374 g/mol. The minimum absolute atomic E-state index is 0.0369. The number of esters is 4. The lowest BCUT2D eigenvalue weighted by Gasteiger charge is -2.31. The Morgan fingerprint density at radius 3 is 1.75 bits per heavy atom. The highest BCUT2D eigenvalue weighted by Gasteiger charge is 2.33. The van der Waals surface area contributed by atoms with E-state index in [-0.39, 0.29) is 41.4 Å². The molecule has 0 saturated carbocycles. The fraction of sp³-hybridized carbons (Fsp3) is 0.333. The van der Waals surface area contributed by atoms with Gasteiger partial charge in [0.15, 0.2) is 0 Å². The van der Waals surface area contributed by atoms with Gasteiger partial charge in [-0.3, -0.25) is 0 Å². The Morgan fingerprint density at radius 1 is 0.786 bits per heavy atom. The molecule has 0 saturated heterocycles. The van der Waals surface area contributed by atoms with Crippen molar-refractivity contribution in [2.75, 3.05) is 46.7 Å². The Kier molecular flexibility index (Phi) is 6.72. The Hall–Kier alpha value is -3.40. The largest absolute Gasteiger partial charge is 0.466 e. The van der Waals surface area contributed by atoms with Crippen molar-refractivity contribution < 1.29 is 42.9 Å². The highest BCUT2D eigenvalue weighted by molar-refractivity contribution is 6.04. The van der Waals surface area contributed by atoms with Gasteiger partial charge in [-0.05, 0) is 18.2 Å². The van der Waals surface area contributed by atoms with Gasteiger partial charge in [0.1, 0.15) is 12.4 Å². The molecule has 28 heavy (non-hydrogen) atoms. The van der Waals surface area contributed by atoms with Crippen molar-refractivity contribution in [3.8, 4) is 0 Å². The first-order valence-corrected chi connectivity index (χ1v) is 7.94. The van der Waals surface area contributed by atoms with E-state index in [0.29, 0.717) is 0 Å². The van der Waals surface area contributed by atoms with Crippen molar-refractivity contribution in [2.45, 2.75) is 0 Å². The second-order valence-corrected chi connectivity index (χ2v) is 5.47. The van der Waals surface area contributed by atoms with Gasteiger partial charge in [0.2, 0.25) is 0 Å². The normalized spacial score (nSPS) is 13.6. The third-order valence-corrected chi connectivity index (χ3v) is 3.90. The van der Waals surface area contributed by atoms with Gasteiger partial charge in [-0.25, -0.2) is 19.2 Å². The van der Waals surface area contributed by atoms with Crippen LogP contribution in [0.3, 0.4) is 0 Å². The standard InChI is InChI=1S/C18H19NO9/c1-24-15(20)10-5-11(16(21)25-2)7-12(6-10)19-9-28-8-13(17(22)26-3)14(19)18(23)27-4/h5-7H,8-9H2,1-4H3. The summed E-state index contributed by atoms with van der Waals surface area (Å²) in [4.78, 5) is 49.7. The predicted octanol–water partition coefficient (Wildman–Crippen LogP) is 0.654. The Balaban J connectivity index is 2.68. The molecule has 0 radical (unpaired) electrons. The van der Waals surface area contributed by atoms with E-state index >= 15 is 0 Å². The monoisotopic (exact) mass is 393 g/mol. The lowest BCUT2D eigenvalue weighted by molar-refractivity contribution is -0.140. The Labute approximate surface area is 160 Å². The number of nitrogens with zero attached hydrogens (tertiary/aromatic N) is 1. The summed E-state index contributed by atoms with van der Waals surface area (Å²) in [6.45, 7) is -0.315. The van der Waals surface area contributed by atoms with Crippen molar-refractivity contribution in [1.29, 1.82) is 0 Å². The van der Waals surface area contributed by atoms with Crippen molar-refractivity contribution in [1.82, 2.24) is 0 Å². The number of carbonyl (C=O) groups excluding carboxylic acids is 4. The Morgan fingerprint density at radius 2 is 1.29 bits per heavy atom. The highest BCUT2D eigenvalue weighted by atomic mass is 16.5.